The second-order valence-corrected chi connectivity index (χ2v) is 7.58. The summed E-state index contributed by atoms with van der Waals surface area (Å²) in [4.78, 5) is 2.39. The molecule has 3 aromatic rings. The van der Waals surface area contributed by atoms with Crippen LogP contribution in [0.2, 0.25) is 0 Å². The first kappa shape index (κ1) is 19.4. The van der Waals surface area contributed by atoms with Gasteiger partial charge >= 0.3 is 0 Å². The van der Waals surface area contributed by atoms with E-state index in [1.54, 1.807) is 0 Å². The molecule has 0 radical (unpaired) electrons. The number of hydrogen-bond donors (Lipinski definition) is 1. The molecular formula is C26H27NO2. The van der Waals surface area contributed by atoms with Crippen molar-refractivity contribution < 1.29 is 9.84 Å². The van der Waals surface area contributed by atoms with Gasteiger partial charge in [0.05, 0.1) is 5.60 Å². The van der Waals surface area contributed by atoms with E-state index in [1.807, 2.05) is 60.7 Å². The Morgan fingerprint density at radius 3 is 2.03 bits per heavy atom. The summed E-state index contributed by atoms with van der Waals surface area (Å²) in [6.07, 6.45) is 5.85. The average molecular weight is 386 g/mol. The van der Waals surface area contributed by atoms with Crippen molar-refractivity contribution in [2.75, 3.05) is 19.6 Å². The number of likely N-dealkylation sites (tertiary alicyclic amines) is 1. The fraction of sp³-hybridized carbons (Fsp3) is 0.231. The van der Waals surface area contributed by atoms with Gasteiger partial charge in [-0.1, -0.05) is 72.8 Å². The van der Waals surface area contributed by atoms with E-state index in [2.05, 4.69) is 41.3 Å². The van der Waals surface area contributed by atoms with E-state index in [0.29, 0.717) is 0 Å². The highest BCUT2D eigenvalue weighted by atomic mass is 16.5. The largest absolute Gasteiger partial charge is 0.457 e. The molecule has 1 heterocycles. The van der Waals surface area contributed by atoms with E-state index < -0.39 is 5.60 Å². The molecule has 29 heavy (non-hydrogen) atoms. The molecular weight excluding hydrogens is 358 g/mol. The van der Waals surface area contributed by atoms with Gasteiger partial charge in [0.1, 0.15) is 11.5 Å². The summed E-state index contributed by atoms with van der Waals surface area (Å²) < 4.78 is 5.85. The molecule has 1 fully saturated rings. The van der Waals surface area contributed by atoms with Crippen LogP contribution in [0.3, 0.4) is 0 Å². The van der Waals surface area contributed by atoms with Crippen LogP contribution in [0.25, 0.3) is 6.08 Å². The van der Waals surface area contributed by atoms with Crippen LogP contribution in [-0.4, -0.2) is 29.6 Å². The molecule has 4 rings (SSSR count). The van der Waals surface area contributed by atoms with Gasteiger partial charge in [-0.15, -0.1) is 0 Å². The van der Waals surface area contributed by atoms with Crippen molar-refractivity contribution in [3.8, 4) is 11.5 Å². The van der Waals surface area contributed by atoms with Gasteiger partial charge < -0.3 is 9.84 Å². The zero-order valence-corrected chi connectivity index (χ0v) is 16.6. The zero-order chi connectivity index (χ0) is 19.9. The van der Waals surface area contributed by atoms with E-state index in [1.165, 1.54) is 5.56 Å². The van der Waals surface area contributed by atoms with E-state index >= 15 is 0 Å². The summed E-state index contributed by atoms with van der Waals surface area (Å²) in [5.41, 5.74) is 1.43. The van der Waals surface area contributed by atoms with Crippen LogP contribution in [0.4, 0.5) is 0 Å². The number of aliphatic hydroxyl groups is 1. The van der Waals surface area contributed by atoms with E-state index in [0.717, 1.165) is 49.5 Å². The topological polar surface area (TPSA) is 32.7 Å². The van der Waals surface area contributed by atoms with Gasteiger partial charge in [0.25, 0.3) is 0 Å². The summed E-state index contributed by atoms with van der Waals surface area (Å²) >= 11 is 0. The van der Waals surface area contributed by atoms with E-state index in [4.69, 9.17) is 4.74 Å². The van der Waals surface area contributed by atoms with Gasteiger partial charge in [0.2, 0.25) is 0 Å². The molecule has 0 saturated carbocycles. The van der Waals surface area contributed by atoms with Crippen molar-refractivity contribution >= 4 is 6.08 Å². The Morgan fingerprint density at radius 2 is 1.38 bits per heavy atom. The number of hydrogen-bond acceptors (Lipinski definition) is 3. The molecule has 0 spiro atoms. The van der Waals surface area contributed by atoms with Crippen molar-refractivity contribution in [2.45, 2.75) is 18.4 Å². The number of benzene rings is 3. The van der Waals surface area contributed by atoms with Gasteiger partial charge in [-0.3, -0.25) is 4.90 Å². The van der Waals surface area contributed by atoms with Crippen molar-refractivity contribution in [1.82, 2.24) is 4.90 Å². The van der Waals surface area contributed by atoms with Crippen LogP contribution in [0.15, 0.2) is 91.0 Å². The summed E-state index contributed by atoms with van der Waals surface area (Å²) in [6, 6.07) is 28.0. The summed E-state index contributed by atoms with van der Waals surface area (Å²) in [7, 11) is 0. The molecule has 3 aromatic carbocycles. The smallest absolute Gasteiger partial charge is 0.127 e. The molecule has 1 aliphatic heterocycles. The molecule has 0 unspecified atom stereocenters. The highest BCUT2D eigenvalue weighted by Gasteiger charge is 2.33. The van der Waals surface area contributed by atoms with Gasteiger partial charge in [-0.2, -0.15) is 0 Å². The number of piperidine rings is 1. The predicted octanol–water partition coefficient (Wildman–Crippen LogP) is 5.48. The second-order valence-electron chi connectivity index (χ2n) is 7.58. The quantitative estimate of drug-likeness (QED) is 0.610. The lowest BCUT2D eigenvalue weighted by molar-refractivity contribution is -0.0233. The summed E-state index contributed by atoms with van der Waals surface area (Å²) in [5.74, 6) is 1.60. The third-order valence-corrected chi connectivity index (χ3v) is 5.53. The maximum Gasteiger partial charge on any atom is 0.127 e. The Morgan fingerprint density at radius 1 is 0.793 bits per heavy atom. The average Bonchev–Trinajstić information content (AvgIpc) is 2.77. The van der Waals surface area contributed by atoms with Crippen LogP contribution in [0, 0.1) is 0 Å². The number of rotatable bonds is 6. The third kappa shape index (κ3) is 5.14. The van der Waals surface area contributed by atoms with Crippen LogP contribution in [0.5, 0.6) is 11.5 Å². The lowest BCUT2D eigenvalue weighted by Crippen LogP contribution is -2.42. The second kappa shape index (κ2) is 9.08. The first-order valence-corrected chi connectivity index (χ1v) is 10.2. The molecule has 1 saturated heterocycles. The van der Waals surface area contributed by atoms with Crippen molar-refractivity contribution in [1.29, 1.82) is 0 Å². The normalized spacial score (nSPS) is 16.7. The number of para-hydroxylation sites is 1. The first-order chi connectivity index (χ1) is 14.2. The van der Waals surface area contributed by atoms with Crippen molar-refractivity contribution in [3.05, 3.63) is 102 Å². The minimum Gasteiger partial charge on any atom is -0.457 e. The molecule has 0 aliphatic carbocycles. The van der Waals surface area contributed by atoms with Gasteiger partial charge in [0, 0.05) is 19.6 Å². The van der Waals surface area contributed by atoms with E-state index in [-0.39, 0.29) is 0 Å². The zero-order valence-electron chi connectivity index (χ0n) is 16.6. The highest BCUT2D eigenvalue weighted by Crippen LogP contribution is 2.34. The molecule has 1 N–H and O–H groups in total. The molecule has 0 aromatic heterocycles. The minimum absolute atomic E-state index is 0.741. The monoisotopic (exact) mass is 385 g/mol. The fourth-order valence-electron chi connectivity index (χ4n) is 3.75. The molecule has 3 heteroatoms. The van der Waals surface area contributed by atoms with Crippen LogP contribution >= 0.6 is 0 Å². The third-order valence-electron chi connectivity index (χ3n) is 5.53. The lowest BCUT2D eigenvalue weighted by atomic mass is 9.84. The van der Waals surface area contributed by atoms with Crippen LogP contribution in [0.1, 0.15) is 24.0 Å². The van der Waals surface area contributed by atoms with Crippen LogP contribution in [-0.2, 0) is 5.60 Å². The Kier molecular flexibility index (Phi) is 6.09. The van der Waals surface area contributed by atoms with Gasteiger partial charge in [-0.25, -0.2) is 0 Å². The molecule has 0 atom stereocenters. The molecule has 1 aliphatic rings. The van der Waals surface area contributed by atoms with Crippen molar-refractivity contribution in [2.24, 2.45) is 0 Å². The Balaban J connectivity index is 1.31. The number of nitrogens with zero attached hydrogens (tertiary/aromatic N) is 1. The Labute approximate surface area is 172 Å². The Bertz CT molecular complexity index is 912. The van der Waals surface area contributed by atoms with Gasteiger partial charge in [-0.05, 0) is 48.2 Å². The molecule has 148 valence electrons. The number of ether oxygens (including phenoxy) is 1. The highest BCUT2D eigenvalue weighted by molar-refractivity contribution is 5.48. The molecule has 0 bridgehead atoms. The first-order valence-electron chi connectivity index (χ1n) is 10.2. The molecule has 0 amide bonds. The maximum absolute atomic E-state index is 11.2. The Hall–Kier alpha value is -2.88. The molecule has 3 nitrogen and oxygen atoms in total. The SMILES string of the molecule is OC1(c2ccc(Oc3ccccc3)cc2)CCN(CC=Cc2ccccc2)CC1. The minimum atomic E-state index is -0.759. The maximum atomic E-state index is 11.2. The fourth-order valence-corrected chi connectivity index (χ4v) is 3.75. The lowest BCUT2D eigenvalue weighted by Gasteiger charge is -2.38. The van der Waals surface area contributed by atoms with E-state index in [9.17, 15) is 5.11 Å². The van der Waals surface area contributed by atoms with Crippen LogP contribution < -0.4 is 4.74 Å². The van der Waals surface area contributed by atoms with Crippen molar-refractivity contribution in [3.63, 3.8) is 0 Å². The summed E-state index contributed by atoms with van der Waals surface area (Å²) in [6.45, 7) is 2.69. The summed E-state index contributed by atoms with van der Waals surface area (Å²) in [5, 5.41) is 11.2. The van der Waals surface area contributed by atoms with Gasteiger partial charge in [0.15, 0.2) is 0 Å². The predicted molar refractivity (Wildman–Crippen MR) is 118 cm³/mol. The standard InChI is InChI=1S/C26H27NO2/c28-26(23-13-15-25(16-14-23)29-24-11-5-2-6-12-24)17-20-27(21-18-26)19-7-10-22-8-3-1-4-9-22/h1-16,28H,17-21H2.